The fraction of sp³-hybridized carbons (Fsp3) is 0.455. The Balaban J connectivity index is 1.80. The summed E-state index contributed by atoms with van der Waals surface area (Å²) >= 11 is 11.7. The number of hydrogen-bond acceptors (Lipinski definition) is 2. The van der Waals surface area contributed by atoms with Crippen LogP contribution in [0, 0.1) is 5.92 Å². The summed E-state index contributed by atoms with van der Waals surface area (Å²) in [5, 5.41) is 3.44. The summed E-state index contributed by atoms with van der Waals surface area (Å²) in [5.74, 6) is 0.684. The van der Waals surface area contributed by atoms with Crippen LogP contribution in [-0.2, 0) is 0 Å². The molecular weight excluding hydrogens is 247 g/mol. The van der Waals surface area contributed by atoms with E-state index in [0.29, 0.717) is 5.56 Å². The molecule has 1 aromatic rings. The van der Waals surface area contributed by atoms with Gasteiger partial charge >= 0.3 is 0 Å². The highest BCUT2D eigenvalue weighted by atomic mass is 35.5. The minimum Gasteiger partial charge on any atom is -0.347 e. The number of halogens is 2. The second-order valence-corrected chi connectivity index (χ2v) is 5.41. The molecule has 1 aromatic heterocycles. The zero-order chi connectivity index (χ0) is 11.3. The van der Waals surface area contributed by atoms with Crippen LogP contribution in [0.15, 0.2) is 12.3 Å². The predicted molar refractivity (Wildman–Crippen MR) is 61.8 cm³/mol. The third-order valence-electron chi connectivity index (χ3n) is 3.51. The lowest BCUT2D eigenvalue weighted by atomic mass is 9.50. The predicted octanol–water partition coefficient (Wildman–Crippen LogP) is 2.67. The summed E-state index contributed by atoms with van der Waals surface area (Å²) in [4.78, 5) is 15.8. The molecule has 2 bridgehead atoms. The number of nitrogens with one attached hydrogen (secondary N) is 1. The highest BCUT2D eigenvalue weighted by molar-refractivity contribution is 6.43. The fourth-order valence-corrected chi connectivity index (χ4v) is 2.89. The maximum absolute atomic E-state index is 12.0. The highest BCUT2D eigenvalue weighted by Crippen LogP contribution is 2.57. The molecule has 3 aliphatic rings. The Morgan fingerprint density at radius 1 is 1.44 bits per heavy atom. The van der Waals surface area contributed by atoms with Crippen molar-refractivity contribution in [3.63, 3.8) is 0 Å². The number of hydrogen-bond donors (Lipinski definition) is 1. The fourth-order valence-electron chi connectivity index (χ4n) is 2.53. The second kappa shape index (κ2) is 3.34. The lowest BCUT2D eigenvalue weighted by molar-refractivity contribution is -0.0438. The molecule has 0 unspecified atom stereocenters. The van der Waals surface area contributed by atoms with Gasteiger partial charge in [0, 0.05) is 11.7 Å². The van der Waals surface area contributed by atoms with Crippen LogP contribution in [0.25, 0.3) is 0 Å². The Bertz CT molecular complexity index is 458. The number of amides is 1. The zero-order valence-electron chi connectivity index (χ0n) is 8.46. The van der Waals surface area contributed by atoms with Gasteiger partial charge in [0.05, 0.1) is 10.6 Å². The Kier molecular flexibility index (Phi) is 2.17. The third kappa shape index (κ3) is 1.42. The van der Waals surface area contributed by atoms with E-state index < -0.39 is 0 Å². The normalized spacial score (nSPS) is 30.2. The van der Waals surface area contributed by atoms with Gasteiger partial charge in [-0.2, -0.15) is 0 Å². The van der Waals surface area contributed by atoms with Crippen molar-refractivity contribution < 1.29 is 4.79 Å². The molecule has 84 valence electrons. The topological polar surface area (TPSA) is 42.0 Å². The molecule has 3 fully saturated rings. The van der Waals surface area contributed by atoms with Crippen molar-refractivity contribution >= 4 is 29.1 Å². The van der Waals surface area contributed by atoms with Gasteiger partial charge in [-0.3, -0.25) is 4.79 Å². The molecule has 1 N–H and O–H groups in total. The van der Waals surface area contributed by atoms with E-state index >= 15 is 0 Å². The maximum atomic E-state index is 12.0. The lowest BCUT2D eigenvalue weighted by Crippen LogP contribution is -2.68. The first-order valence-corrected chi connectivity index (χ1v) is 5.98. The van der Waals surface area contributed by atoms with Gasteiger partial charge in [0.15, 0.2) is 0 Å². The van der Waals surface area contributed by atoms with Crippen molar-refractivity contribution in [3.8, 4) is 0 Å². The first-order valence-electron chi connectivity index (χ1n) is 5.22. The lowest BCUT2D eigenvalue weighted by Gasteiger charge is -2.61. The van der Waals surface area contributed by atoms with Crippen molar-refractivity contribution in [1.29, 1.82) is 0 Å². The van der Waals surface area contributed by atoms with E-state index in [1.54, 1.807) is 6.07 Å². The molecule has 1 amide bonds. The molecule has 0 radical (unpaired) electrons. The van der Waals surface area contributed by atoms with Crippen molar-refractivity contribution in [2.45, 2.75) is 24.8 Å². The molecule has 0 aliphatic heterocycles. The highest BCUT2D eigenvalue weighted by Gasteiger charge is 2.57. The van der Waals surface area contributed by atoms with Gasteiger partial charge < -0.3 is 5.32 Å². The summed E-state index contributed by atoms with van der Waals surface area (Å²) < 4.78 is 0. The van der Waals surface area contributed by atoms with E-state index in [1.807, 2.05) is 0 Å². The smallest absolute Gasteiger partial charge is 0.253 e. The molecule has 0 spiro atoms. The number of rotatable bonds is 2. The molecule has 16 heavy (non-hydrogen) atoms. The van der Waals surface area contributed by atoms with Crippen molar-refractivity contribution in [1.82, 2.24) is 10.3 Å². The maximum Gasteiger partial charge on any atom is 0.253 e. The van der Waals surface area contributed by atoms with Crippen LogP contribution < -0.4 is 5.32 Å². The quantitative estimate of drug-likeness (QED) is 0.827. The van der Waals surface area contributed by atoms with E-state index in [2.05, 4.69) is 10.3 Å². The Morgan fingerprint density at radius 2 is 2.12 bits per heavy atom. The molecular formula is C11H10Cl2N2O. The van der Waals surface area contributed by atoms with E-state index in [1.165, 1.54) is 6.20 Å². The number of carbonyl (C=O) groups is 1. The molecule has 5 heteroatoms. The standard InChI is InChI=1S/C11H10Cl2N2O/c12-8-7(1-2-14-9(8)13)10(16)15-11-3-6(4-11)5-11/h1-2,6H,3-5H2,(H,15,16). The molecule has 1 heterocycles. The molecule has 3 saturated carbocycles. The van der Waals surface area contributed by atoms with Gasteiger partial charge in [-0.15, -0.1) is 0 Å². The minimum absolute atomic E-state index is 0.0564. The third-order valence-corrected chi connectivity index (χ3v) is 4.27. The summed E-state index contributed by atoms with van der Waals surface area (Å²) in [6.45, 7) is 0. The number of pyridine rings is 1. The van der Waals surface area contributed by atoms with Crippen LogP contribution in [0.4, 0.5) is 0 Å². The van der Waals surface area contributed by atoms with Crippen LogP contribution in [-0.4, -0.2) is 16.4 Å². The van der Waals surface area contributed by atoms with E-state index in [-0.39, 0.29) is 21.6 Å². The molecule has 0 aromatic carbocycles. The molecule has 3 nitrogen and oxygen atoms in total. The Hall–Kier alpha value is -0.800. The van der Waals surface area contributed by atoms with Gasteiger partial charge in [0.2, 0.25) is 0 Å². The molecule has 0 saturated heterocycles. The van der Waals surface area contributed by atoms with Crippen LogP contribution in [0.5, 0.6) is 0 Å². The van der Waals surface area contributed by atoms with Crippen LogP contribution >= 0.6 is 23.2 Å². The summed E-state index contributed by atoms with van der Waals surface area (Å²) in [6.07, 6.45) is 4.81. The number of aromatic nitrogens is 1. The van der Waals surface area contributed by atoms with Gasteiger partial charge in [0.1, 0.15) is 5.15 Å². The summed E-state index contributed by atoms with van der Waals surface area (Å²) in [6, 6.07) is 1.59. The van der Waals surface area contributed by atoms with Gasteiger partial charge in [-0.25, -0.2) is 4.98 Å². The van der Waals surface area contributed by atoms with Crippen LogP contribution in [0.2, 0.25) is 10.2 Å². The largest absolute Gasteiger partial charge is 0.347 e. The van der Waals surface area contributed by atoms with Gasteiger partial charge in [0.25, 0.3) is 5.91 Å². The summed E-state index contributed by atoms with van der Waals surface area (Å²) in [7, 11) is 0. The zero-order valence-corrected chi connectivity index (χ0v) is 9.98. The van der Waals surface area contributed by atoms with E-state index in [9.17, 15) is 4.79 Å². The first-order chi connectivity index (χ1) is 7.60. The molecule has 4 rings (SSSR count). The minimum atomic E-state index is -0.146. The first kappa shape index (κ1) is 10.4. The molecule has 3 aliphatic carbocycles. The van der Waals surface area contributed by atoms with Crippen LogP contribution in [0.1, 0.15) is 29.6 Å². The second-order valence-electron chi connectivity index (χ2n) is 4.68. The van der Waals surface area contributed by atoms with Crippen molar-refractivity contribution in [2.24, 2.45) is 5.92 Å². The van der Waals surface area contributed by atoms with E-state index in [0.717, 1.165) is 25.2 Å². The number of nitrogens with zero attached hydrogens (tertiary/aromatic N) is 1. The van der Waals surface area contributed by atoms with Crippen LogP contribution in [0.3, 0.4) is 0 Å². The number of carbonyl (C=O) groups excluding carboxylic acids is 1. The van der Waals surface area contributed by atoms with E-state index in [4.69, 9.17) is 23.2 Å². The monoisotopic (exact) mass is 256 g/mol. The van der Waals surface area contributed by atoms with Gasteiger partial charge in [-0.05, 0) is 31.2 Å². The van der Waals surface area contributed by atoms with Crippen molar-refractivity contribution in [3.05, 3.63) is 28.0 Å². The van der Waals surface area contributed by atoms with Crippen molar-refractivity contribution in [2.75, 3.05) is 0 Å². The van der Waals surface area contributed by atoms with Gasteiger partial charge in [-0.1, -0.05) is 23.2 Å². The summed E-state index contributed by atoms with van der Waals surface area (Å²) in [5.41, 5.74) is 0.465. The average Bonchev–Trinajstić information content (AvgIpc) is 2.13. The SMILES string of the molecule is O=C(NC12CC(C1)C2)c1ccnc(Cl)c1Cl. The molecule has 0 atom stereocenters. The Labute approximate surface area is 103 Å². The average molecular weight is 257 g/mol. The Morgan fingerprint density at radius 3 is 2.69 bits per heavy atom.